The number of nitrogens with one attached hydrogen (secondary N) is 3. The summed E-state index contributed by atoms with van der Waals surface area (Å²) in [5.41, 5.74) is 3.29. The van der Waals surface area contributed by atoms with Crippen LogP contribution in [0.25, 0.3) is 0 Å². The van der Waals surface area contributed by atoms with Crippen molar-refractivity contribution in [3.63, 3.8) is 0 Å². The highest BCUT2D eigenvalue weighted by Gasteiger charge is 2.25. The van der Waals surface area contributed by atoms with E-state index >= 15 is 0 Å². The van der Waals surface area contributed by atoms with E-state index in [0.29, 0.717) is 24.3 Å². The van der Waals surface area contributed by atoms with E-state index in [0.717, 1.165) is 17.3 Å². The largest absolute Gasteiger partial charge is 0.354 e. The van der Waals surface area contributed by atoms with Gasteiger partial charge in [0.25, 0.3) is 5.69 Å². The number of rotatable bonds is 15. The Balaban J connectivity index is 2.13. The third-order valence-electron chi connectivity index (χ3n) is 5.79. The van der Waals surface area contributed by atoms with E-state index in [4.69, 9.17) is 4.84 Å². The summed E-state index contributed by atoms with van der Waals surface area (Å²) >= 11 is 1.11. The molecule has 3 N–H and O–H groups in total. The molecule has 0 fully saturated rings. The molecule has 0 saturated carbocycles. The molecule has 2 rings (SSSR count). The lowest BCUT2D eigenvalue weighted by molar-refractivity contribution is -0.384. The van der Waals surface area contributed by atoms with Crippen LogP contribution in [-0.2, 0) is 32.1 Å². The maximum atomic E-state index is 13.4. The Morgan fingerprint density at radius 1 is 1.00 bits per heavy atom. The molecule has 0 spiro atoms. The second-order valence-corrected chi connectivity index (χ2v) is 11.7. The summed E-state index contributed by atoms with van der Waals surface area (Å²) in [5.74, 6) is -0.550. The minimum absolute atomic E-state index is 0.00221. The summed E-state index contributed by atoms with van der Waals surface area (Å²) < 4.78 is 0. The van der Waals surface area contributed by atoms with Gasteiger partial charge in [0.05, 0.1) is 10.5 Å². The molecular formula is C29H39N5O7S. The topological polar surface area (TPSA) is 160 Å². The molecule has 0 radical (unpaired) electrons. The molecule has 0 saturated heterocycles. The Labute approximate surface area is 250 Å². The molecular weight excluding hydrogens is 562 g/mol. The van der Waals surface area contributed by atoms with Crippen molar-refractivity contribution in [3.8, 4) is 0 Å². The number of hydrogen-bond donors (Lipinski definition) is 3. The number of thioether (sulfide) groups is 1. The number of benzene rings is 2. The van der Waals surface area contributed by atoms with Gasteiger partial charge in [0.2, 0.25) is 11.8 Å². The van der Waals surface area contributed by atoms with Crippen LogP contribution in [0.3, 0.4) is 0 Å². The average molecular weight is 602 g/mol. The molecule has 0 bridgehead atoms. The van der Waals surface area contributed by atoms with Crippen molar-refractivity contribution in [2.24, 2.45) is 0 Å². The molecule has 4 amide bonds. The Kier molecular flexibility index (Phi) is 13.9. The van der Waals surface area contributed by atoms with Crippen molar-refractivity contribution in [1.29, 1.82) is 0 Å². The molecule has 13 heteroatoms. The molecule has 2 aromatic rings. The maximum absolute atomic E-state index is 13.4. The van der Waals surface area contributed by atoms with Crippen molar-refractivity contribution >= 4 is 40.4 Å². The third-order valence-corrected chi connectivity index (χ3v) is 6.58. The number of urea groups is 1. The van der Waals surface area contributed by atoms with Crippen molar-refractivity contribution in [3.05, 3.63) is 75.8 Å². The van der Waals surface area contributed by atoms with Crippen LogP contribution >= 0.6 is 11.8 Å². The minimum Gasteiger partial charge on any atom is -0.354 e. The number of nitro groups is 1. The number of carbonyl (C=O) groups is 4. The molecule has 0 heterocycles. The Morgan fingerprint density at radius 3 is 2.26 bits per heavy atom. The molecule has 0 aliphatic rings. The maximum Gasteiger partial charge on any atom is 0.318 e. The van der Waals surface area contributed by atoms with Gasteiger partial charge >= 0.3 is 6.03 Å². The van der Waals surface area contributed by atoms with E-state index in [-0.39, 0.29) is 36.7 Å². The lowest BCUT2D eigenvalue weighted by Crippen LogP contribution is -2.53. The average Bonchev–Trinajstić information content (AvgIpc) is 2.93. The first-order valence-corrected chi connectivity index (χ1v) is 14.5. The van der Waals surface area contributed by atoms with Crippen molar-refractivity contribution in [2.45, 2.75) is 58.6 Å². The van der Waals surface area contributed by atoms with E-state index in [1.165, 1.54) is 31.2 Å². The molecule has 12 nitrogen and oxygen atoms in total. The predicted molar refractivity (Wildman–Crippen MR) is 161 cm³/mol. The normalized spacial score (nSPS) is 11.7. The second-order valence-electron chi connectivity index (χ2n) is 10.5. The fourth-order valence-corrected chi connectivity index (χ4v) is 4.24. The quantitative estimate of drug-likeness (QED) is 0.207. The number of nitrogens with zero attached hydrogens (tertiary/aromatic N) is 2. The fourth-order valence-electron chi connectivity index (χ4n) is 3.65. The monoisotopic (exact) mass is 601 g/mol. The SMILES string of the molecule is CC(=O)SCCN(CCc1ccccc1)C(=O)N[C@@H](Cc1ccc([N+](=O)[O-])cc1)C(=O)NCCC(=O)NOC(C)(C)C. The lowest BCUT2D eigenvalue weighted by Gasteiger charge is -2.26. The van der Waals surface area contributed by atoms with E-state index in [1.807, 2.05) is 30.3 Å². The third kappa shape index (κ3) is 13.6. The van der Waals surface area contributed by atoms with Crippen LogP contribution in [0.4, 0.5) is 10.5 Å². The number of non-ortho nitro benzene ring substituents is 1. The van der Waals surface area contributed by atoms with Crippen LogP contribution in [-0.4, -0.2) is 69.8 Å². The van der Waals surface area contributed by atoms with Crippen molar-refractivity contribution in [1.82, 2.24) is 21.0 Å². The molecule has 1 atom stereocenters. The smallest absolute Gasteiger partial charge is 0.318 e. The minimum atomic E-state index is -1.03. The number of nitro benzene ring substituents is 1. The molecule has 0 unspecified atom stereocenters. The van der Waals surface area contributed by atoms with E-state index < -0.39 is 34.4 Å². The first kappa shape index (κ1) is 34.2. The molecule has 0 aliphatic carbocycles. The van der Waals surface area contributed by atoms with Crippen LogP contribution in [0.5, 0.6) is 0 Å². The number of hydroxylamine groups is 1. The molecule has 228 valence electrons. The number of carbonyl (C=O) groups excluding carboxylic acids is 4. The van der Waals surface area contributed by atoms with Gasteiger partial charge in [-0.25, -0.2) is 10.3 Å². The zero-order valence-electron chi connectivity index (χ0n) is 24.4. The molecule has 2 aromatic carbocycles. The van der Waals surface area contributed by atoms with E-state index in [2.05, 4.69) is 16.1 Å². The zero-order chi connectivity index (χ0) is 31.1. The highest BCUT2D eigenvalue weighted by molar-refractivity contribution is 8.13. The van der Waals surface area contributed by atoms with Gasteiger partial charge < -0.3 is 15.5 Å². The van der Waals surface area contributed by atoms with Gasteiger partial charge in [-0.3, -0.25) is 29.3 Å². The summed E-state index contributed by atoms with van der Waals surface area (Å²) in [6.45, 7) is 7.43. The Hall–Kier alpha value is -3.97. The second kappa shape index (κ2) is 17.1. The lowest BCUT2D eigenvalue weighted by atomic mass is 10.0. The Bertz CT molecular complexity index is 1200. The first-order chi connectivity index (χ1) is 19.8. The van der Waals surface area contributed by atoms with E-state index in [9.17, 15) is 29.3 Å². The number of hydrogen-bond acceptors (Lipinski definition) is 8. The summed E-state index contributed by atoms with van der Waals surface area (Å²) in [5, 5.41) is 16.4. The first-order valence-electron chi connectivity index (χ1n) is 13.5. The molecule has 0 aliphatic heterocycles. The summed E-state index contributed by atoms with van der Waals surface area (Å²) in [4.78, 5) is 67.5. The predicted octanol–water partition coefficient (Wildman–Crippen LogP) is 3.39. The zero-order valence-corrected chi connectivity index (χ0v) is 25.2. The van der Waals surface area contributed by atoms with Crippen LogP contribution in [0.1, 0.15) is 45.2 Å². The van der Waals surface area contributed by atoms with Gasteiger partial charge in [0, 0.05) is 57.3 Å². The summed E-state index contributed by atoms with van der Waals surface area (Å²) in [7, 11) is 0. The van der Waals surface area contributed by atoms with Crippen LogP contribution in [0.15, 0.2) is 54.6 Å². The summed E-state index contributed by atoms with van der Waals surface area (Å²) in [6, 6.07) is 13.8. The van der Waals surface area contributed by atoms with Crippen LogP contribution in [0, 0.1) is 10.1 Å². The Morgan fingerprint density at radius 2 is 1.67 bits per heavy atom. The van der Waals surface area contributed by atoms with E-state index in [1.54, 1.807) is 25.7 Å². The van der Waals surface area contributed by atoms with Gasteiger partial charge in [0.1, 0.15) is 6.04 Å². The van der Waals surface area contributed by atoms with Crippen LogP contribution in [0.2, 0.25) is 0 Å². The number of amides is 4. The molecule has 42 heavy (non-hydrogen) atoms. The molecule has 0 aromatic heterocycles. The van der Waals surface area contributed by atoms with Gasteiger partial charge in [-0.1, -0.05) is 54.2 Å². The van der Waals surface area contributed by atoms with Gasteiger partial charge in [-0.15, -0.1) is 0 Å². The summed E-state index contributed by atoms with van der Waals surface area (Å²) in [6.07, 6.45) is 0.582. The van der Waals surface area contributed by atoms with Gasteiger partial charge in [0.15, 0.2) is 5.12 Å². The highest BCUT2D eigenvalue weighted by atomic mass is 32.2. The highest BCUT2D eigenvalue weighted by Crippen LogP contribution is 2.14. The van der Waals surface area contributed by atoms with Gasteiger partial charge in [-0.2, -0.15) is 0 Å². The van der Waals surface area contributed by atoms with Crippen molar-refractivity contribution in [2.75, 3.05) is 25.4 Å². The van der Waals surface area contributed by atoms with Crippen LogP contribution < -0.4 is 16.1 Å². The standard InChI is InChI=1S/C29H39N5O7S/c1-21(35)42-19-18-33(17-15-22-8-6-5-7-9-22)28(38)31-25(20-23-10-12-24(13-11-23)34(39)40)27(37)30-16-14-26(36)32-41-29(2,3)4/h5-13,25H,14-20H2,1-4H3,(H,30,37)(H,31,38)(H,32,36)/t25-/m0/s1. The fraction of sp³-hybridized carbons (Fsp3) is 0.448. The van der Waals surface area contributed by atoms with Gasteiger partial charge in [-0.05, 0) is 38.3 Å². The van der Waals surface area contributed by atoms with Crippen molar-refractivity contribution < 1.29 is 28.9 Å².